The fourth-order valence-electron chi connectivity index (χ4n) is 7.13. The third-order valence-electron chi connectivity index (χ3n) is 10.3. The third kappa shape index (κ3) is 10.8. The van der Waals surface area contributed by atoms with Gasteiger partial charge >= 0.3 is 24.2 Å². The summed E-state index contributed by atoms with van der Waals surface area (Å²) < 4.78 is 10.7. The molecular formula is C38H51N11O8. The van der Waals surface area contributed by atoms with Crippen molar-refractivity contribution < 1.29 is 38.2 Å². The molecule has 8 amide bonds. The number of alkyl carbamates (subject to hydrolysis) is 2. The topological polar surface area (TPSA) is 224 Å². The third-order valence-corrected chi connectivity index (χ3v) is 10.3. The molecule has 0 aliphatic carbocycles. The number of β-lactam (4-membered cyclic amide) rings is 1. The first-order chi connectivity index (χ1) is 27.7. The number of aliphatic imine (C=N–C) groups is 1. The van der Waals surface area contributed by atoms with Crippen LogP contribution in [0.3, 0.4) is 0 Å². The second-order valence-corrected chi connectivity index (χ2v) is 14.1. The van der Waals surface area contributed by atoms with Gasteiger partial charge in [-0.15, -0.1) is 0 Å². The molecule has 4 aliphatic rings. The fourth-order valence-corrected chi connectivity index (χ4v) is 7.13. The monoisotopic (exact) mass is 789 g/mol. The van der Waals surface area contributed by atoms with Gasteiger partial charge in [0.25, 0.3) is 0 Å². The van der Waals surface area contributed by atoms with E-state index in [1.807, 2.05) is 60.7 Å². The van der Waals surface area contributed by atoms with Crippen molar-refractivity contribution in [1.29, 1.82) is 0 Å². The van der Waals surface area contributed by atoms with Crippen molar-refractivity contribution in [3.8, 4) is 0 Å². The maximum Gasteiger partial charge on any atom is 0.410 e. The Labute approximate surface area is 330 Å². The van der Waals surface area contributed by atoms with Crippen molar-refractivity contribution in [3.05, 3.63) is 71.8 Å². The van der Waals surface area contributed by atoms with Crippen molar-refractivity contribution in [2.75, 3.05) is 72.0 Å². The molecule has 2 atom stereocenters. The number of likely N-dealkylation sites (tertiary alicyclic amines) is 1. The minimum atomic E-state index is -1.11. The molecule has 6 rings (SSSR count). The lowest BCUT2D eigenvalue weighted by molar-refractivity contribution is -0.164. The predicted octanol–water partition coefficient (Wildman–Crippen LogP) is 0.629. The molecule has 2 aromatic rings. The highest BCUT2D eigenvalue weighted by Gasteiger charge is 2.56. The number of piperazine rings is 2. The zero-order chi connectivity index (χ0) is 40.1. The van der Waals surface area contributed by atoms with Gasteiger partial charge in [-0.3, -0.25) is 35.4 Å². The minimum absolute atomic E-state index is 0.00599. The van der Waals surface area contributed by atoms with Gasteiger partial charge in [-0.25, -0.2) is 19.2 Å². The summed E-state index contributed by atoms with van der Waals surface area (Å²) in [6, 6.07) is 16.1. The molecule has 19 heteroatoms. The number of amides is 8. The second-order valence-electron chi connectivity index (χ2n) is 14.1. The molecule has 4 heterocycles. The van der Waals surface area contributed by atoms with Gasteiger partial charge in [0.2, 0.25) is 11.8 Å². The zero-order valence-corrected chi connectivity index (χ0v) is 31.8. The van der Waals surface area contributed by atoms with E-state index in [1.54, 1.807) is 9.80 Å². The van der Waals surface area contributed by atoms with Crippen molar-refractivity contribution in [2.45, 2.75) is 44.8 Å². The van der Waals surface area contributed by atoms with Gasteiger partial charge in [-0.2, -0.15) is 0 Å². The number of hydrogen-bond donors (Lipinski definition) is 5. The van der Waals surface area contributed by atoms with E-state index in [0.29, 0.717) is 32.6 Å². The number of carbonyl (C=O) groups excluding carboxylic acids is 6. The van der Waals surface area contributed by atoms with Crippen molar-refractivity contribution in [1.82, 2.24) is 45.8 Å². The molecular weight excluding hydrogens is 738 g/mol. The number of benzene rings is 2. The van der Waals surface area contributed by atoms with E-state index in [1.165, 1.54) is 4.90 Å². The summed E-state index contributed by atoms with van der Waals surface area (Å²) in [6.45, 7) is 4.50. The van der Waals surface area contributed by atoms with Gasteiger partial charge in [0.1, 0.15) is 19.3 Å². The predicted molar refractivity (Wildman–Crippen MR) is 206 cm³/mol. The Balaban J connectivity index is 1.06. The van der Waals surface area contributed by atoms with Crippen molar-refractivity contribution >= 4 is 42.0 Å². The van der Waals surface area contributed by atoms with Crippen molar-refractivity contribution in [2.24, 2.45) is 16.6 Å². The Bertz CT molecular complexity index is 1690. The summed E-state index contributed by atoms with van der Waals surface area (Å²) >= 11 is 0. The first kappa shape index (κ1) is 40.6. The Morgan fingerprint density at radius 1 is 0.789 bits per heavy atom. The summed E-state index contributed by atoms with van der Waals surface area (Å²) in [5.41, 5.74) is 7.00. The molecule has 6 N–H and O–H groups in total. The maximum atomic E-state index is 14.0. The molecule has 0 saturated carbocycles. The standard InChI is InChI=1S/C38H51N11O8/c39-33(52)46-19-17-45(18-20-46)32(51)30-29(31(50)49(30)38(55)48-23-21-47(22-24-48)35-41-15-8-16-42-35)13-7-14-40-34(43-36(53)56-25-27-9-3-1-4-10-27)44-37(54)57-26-28-11-5-2-6-12-28/h1-6,9-12,29-30,34,40H,7-8,13-26H2,(H2,39,52)(H,41,42)(H,43,53)(H,44,54)/t29-,30+/m1/s1. The molecule has 0 aromatic heterocycles. The Morgan fingerprint density at radius 2 is 1.35 bits per heavy atom. The highest BCUT2D eigenvalue weighted by molar-refractivity contribution is 6.09. The molecule has 0 bridgehead atoms. The van der Waals surface area contributed by atoms with E-state index in [9.17, 15) is 28.8 Å². The fraction of sp³-hybridized carbons (Fsp3) is 0.500. The van der Waals surface area contributed by atoms with Crippen LogP contribution in [0.2, 0.25) is 0 Å². The van der Waals surface area contributed by atoms with Gasteiger partial charge in [0, 0.05) is 65.4 Å². The van der Waals surface area contributed by atoms with E-state index >= 15 is 0 Å². The number of nitrogens with two attached hydrogens (primary N) is 1. The van der Waals surface area contributed by atoms with Crippen LogP contribution < -0.4 is 27.0 Å². The van der Waals surface area contributed by atoms with E-state index in [0.717, 1.165) is 41.5 Å². The molecule has 57 heavy (non-hydrogen) atoms. The van der Waals surface area contributed by atoms with Crippen LogP contribution in [0.5, 0.6) is 0 Å². The quantitative estimate of drug-likeness (QED) is 0.114. The lowest BCUT2D eigenvalue weighted by Crippen LogP contribution is -2.72. The molecule has 3 saturated heterocycles. The average molecular weight is 790 g/mol. The number of nitrogens with zero attached hydrogens (tertiary/aromatic N) is 6. The Morgan fingerprint density at radius 3 is 1.89 bits per heavy atom. The molecule has 19 nitrogen and oxygen atoms in total. The molecule has 2 aromatic carbocycles. The van der Waals surface area contributed by atoms with Crippen molar-refractivity contribution in [3.63, 3.8) is 0 Å². The number of urea groups is 2. The summed E-state index contributed by atoms with van der Waals surface area (Å²) in [7, 11) is 0. The summed E-state index contributed by atoms with van der Waals surface area (Å²) in [5.74, 6) is -0.791. The summed E-state index contributed by atoms with van der Waals surface area (Å²) in [4.78, 5) is 91.2. The number of nitrogens with one attached hydrogen (secondary N) is 4. The molecule has 0 unspecified atom stereocenters. The number of guanidine groups is 1. The molecule has 3 fully saturated rings. The van der Waals surface area contributed by atoms with Crippen LogP contribution in [0, 0.1) is 5.92 Å². The van der Waals surface area contributed by atoms with Crippen LogP contribution >= 0.6 is 0 Å². The number of hydrogen-bond acceptors (Lipinski definition) is 12. The average Bonchev–Trinajstić information content (AvgIpc) is 3.24. The number of primary amides is 1. The van der Waals surface area contributed by atoms with Crippen LogP contribution in [0.25, 0.3) is 0 Å². The highest BCUT2D eigenvalue weighted by atomic mass is 16.6. The number of ether oxygens (including phenoxy) is 2. The zero-order valence-electron chi connectivity index (χ0n) is 31.8. The van der Waals surface area contributed by atoms with Crippen LogP contribution in [0.15, 0.2) is 65.7 Å². The number of carbonyl (C=O) groups is 6. The lowest BCUT2D eigenvalue weighted by Gasteiger charge is -2.49. The summed E-state index contributed by atoms with van der Waals surface area (Å²) in [6.07, 6.45) is -1.17. The normalized spacial score (nSPS) is 19.6. The minimum Gasteiger partial charge on any atom is -0.445 e. The van der Waals surface area contributed by atoms with Gasteiger partial charge < -0.3 is 40.1 Å². The van der Waals surface area contributed by atoms with Gasteiger partial charge in [-0.05, 0) is 36.9 Å². The smallest absolute Gasteiger partial charge is 0.410 e. The first-order valence-corrected chi connectivity index (χ1v) is 19.3. The van der Waals surface area contributed by atoms with Gasteiger partial charge in [0.15, 0.2) is 12.2 Å². The number of imide groups is 1. The largest absolute Gasteiger partial charge is 0.445 e. The first-order valence-electron chi connectivity index (χ1n) is 19.3. The van der Waals surface area contributed by atoms with Crippen LogP contribution in [0.1, 0.15) is 30.4 Å². The van der Waals surface area contributed by atoms with E-state index < -0.39 is 48.4 Å². The van der Waals surface area contributed by atoms with Crippen LogP contribution in [-0.2, 0) is 32.3 Å². The van der Waals surface area contributed by atoms with E-state index in [2.05, 4.69) is 31.2 Å². The molecule has 4 aliphatic heterocycles. The number of rotatable bonds is 12. The Hall–Kier alpha value is -6.11. The maximum absolute atomic E-state index is 14.0. The van der Waals surface area contributed by atoms with Gasteiger partial charge in [0.05, 0.1) is 5.92 Å². The van der Waals surface area contributed by atoms with Gasteiger partial charge in [-0.1, -0.05) is 60.7 Å². The van der Waals surface area contributed by atoms with E-state index in [4.69, 9.17) is 15.2 Å². The highest BCUT2D eigenvalue weighted by Crippen LogP contribution is 2.34. The SMILES string of the molecule is NC(=O)N1CCN(C(=O)[C@@H]2[C@@H](CCCNC(NC(=O)OCc3ccccc3)NC(=O)OCc3ccccc3)C(=O)N2C(=O)N2CCN(C3=NCCCN3)CC2)CC1. The lowest BCUT2D eigenvalue weighted by atomic mass is 9.82. The summed E-state index contributed by atoms with van der Waals surface area (Å²) in [5, 5.41) is 11.5. The Kier molecular flexibility index (Phi) is 14.0. The molecule has 306 valence electrons. The molecule has 0 radical (unpaired) electrons. The second kappa shape index (κ2) is 19.7. The van der Waals surface area contributed by atoms with Crippen LogP contribution in [0.4, 0.5) is 19.2 Å². The molecule has 0 spiro atoms. The van der Waals surface area contributed by atoms with E-state index in [-0.39, 0.29) is 58.3 Å². The van der Waals surface area contributed by atoms with Crippen LogP contribution in [-0.4, -0.2) is 151 Å².